The van der Waals surface area contributed by atoms with Crippen molar-refractivity contribution in [1.82, 2.24) is 40.5 Å². The number of aliphatic carboxylic acids is 1. The predicted octanol–water partition coefficient (Wildman–Crippen LogP) is 3.84. The molecule has 0 saturated carbocycles. The molecule has 5 heterocycles. The van der Waals surface area contributed by atoms with Gasteiger partial charge in [0.25, 0.3) is 11.8 Å². The molecule has 1 saturated heterocycles. The average Bonchev–Trinajstić information content (AvgIpc) is 3.91. The minimum Gasteiger partial charge on any atom is -0.477 e. The number of amides is 2. The largest absolute Gasteiger partial charge is 0.477 e. The van der Waals surface area contributed by atoms with Crippen LogP contribution in [0.3, 0.4) is 0 Å². The topological polar surface area (TPSA) is 215 Å². The highest BCUT2D eigenvalue weighted by Crippen LogP contribution is 2.43. The fourth-order valence-corrected chi connectivity index (χ4v) is 9.79. The number of hydrogen-bond acceptors (Lipinski definition) is 15. The minimum atomic E-state index is -1.26. The lowest BCUT2D eigenvalue weighted by atomic mass is 9.77. The third-order valence-corrected chi connectivity index (χ3v) is 12.3. The van der Waals surface area contributed by atoms with Crippen LogP contribution in [0.2, 0.25) is 0 Å². The summed E-state index contributed by atoms with van der Waals surface area (Å²) < 4.78 is 1.19. The summed E-state index contributed by atoms with van der Waals surface area (Å²) in [6, 6.07) is 30.6. The van der Waals surface area contributed by atoms with E-state index in [-0.39, 0.29) is 22.9 Å². The molecular weight excluding hydrogens is 775 g/mol. The maximum atomic E-state index is 13.8. The van der Waals surface area contributed by atoms with Crippen molar-refractivity contribution in [3.8, 4) is 0 Å². The maximum absolute atomic E-state index is 13.8. The second-order valence-corrected chi connectivity index (χ2v) is 15.4. The van der Waals surface area contributed by atoms with Gasteiger partial charge >= 0.3 is 5.97 Å². The normalized spacial score (nSPS) is 17.0. The van der Waals surface area contributed by atoms with Crippen molar-refractivity contribution in [2.45, 2.75) is 22.0 Å². The molecule has 0 spiro atoms. The Kier molecular flexibility index (Phi) is 10.1. The van der Waals surface area contributed by atoms with Crippen LogP contribution in [0.15, 0.2) is 124 Å². The number of benzene rings is 3. The van der Waals surface area contributed by atoms with Crippen LogP contribution < -0.4 is 16.4 Å². The molecule has 16 nitrogen and oxygen atoms in total. The van der Waals surface area contributed by atoms with E-state index in [0.29, 0.717) is 32.8 Å². The molecule has 19 heteroatoms. The van der Waals surface area contributed by atoms with Gasteiger partial charge < -0.3 is 26.3 Å². The van der Waals surface area contributed by atoms with Crippen LogP contribution in [0, 0.1) is 0 Å². The Bertz CT molecular complexity index is 2400. The fourth-order valence-electron chi connectivity index (χ4n) is 6.66. The van der Waals surface area contributed by atoms with Gasteiger partial charge in [0.15, 0.2) is 10.8 Å². The SMILES string of the molecule is CON=C(C(=O)NC1C(=O)N2C(C(=O)O)=C(CSc3cc(N)c4nnnn4n3)CS[C@H]12)c1csc(NC(c2ccccc2)(c2ccccc2)c2ccccc2)n1. The van der Waals surface area contributed by atoms with E-state index in [9.17, 15) is 19.5 Å². The van der Waals surface area contributed by atoms with Crippen LogP contribution in [0.5, 0.6) is 0 Å². The van der Waals surface area contributed by atoms with E-state index < -0.39 is 34.7 Å². The number of carboxylic acid groups (broad SMARTS) is 1. The summed E-state index contributed by atoms with van der Waals surface area (Å²) in [5.41, 5.74) is 9.17. The number of thioether (sulfide) groups is 2. The van der Waals surface area contributed by atoms with Gasteiger partial charge in [-0.15, -0.1) is 37.9 Å². The summed E-state index contributed by atoms with van der Waals surface area (Å²) in [7, 11) is 1.31. The van der Waals surface area contributed by atoms with E-state index in [1.54, 1.807) is 11.4 Å². The third-order valence-electron chi connectivity index (χ3n) is 9.17. The Morgan fingerprint density at radius 3 is 2.29 bits per heavy atom. The Hall–Kier alpha value is -6.31. The van der Waals surface area contributed by atoms with Crippen LogP contribution >= 0.6 is 34.9 Å². The monoisotopic (exact) mass is 805 g/mol. The summed E-state index contributed by atoms with van der Waals surface area (Å²) in [6.07, 6.45) is 0. The van der Waals surface area contributed by atoms with E-state index in [1.165, 1.54) is 51.5 Å². The minimum absolute atomic E-state index is 0.132. The van der Waals surface area contributed by atoms with Gasteiger partial charge in [0, 0.05) is 16.9 Å². The van der Waals surface area contributed by atoms with Crippen LogP contribution in [0.25, 0.3) is 5.65 Å². The number of tetrazole rings is 1. The smallest absolute Gasteiger partial charge is 0.352 e. The number of β-lactam (4-membered cyclic amide) rings is 1. The standard InChI is InChI=1S/C37H31N11O5S3/c1-53-44-28(26-20-56-36(39-26)41-37(22-11-5-2-6-12-22,23-13-7-3-8-14-23)24-15-9-4-10-16-24)32(49)40-29-33(50)47-30(35(51)52)21(19-55-34(29)47)18-54-27-17-25(38)31-42-45-46-48(31)43-27/h2-17,20,29,34H,18-19,38H2,1H3,(H,39,41)(H,40,49)(H,51,52)/t29?,34-/m1/s1. The number of aromatic nitrogens is 6. The second kappa shape index (κ2) is 15.4. The number of nitrogen functional groups attached to an aromatic ring is 1. The molecule has 2 atom stereocenters. The molecule has 8 rings (SSSR count). The van der Waals surface area contributed by atoms with E-state index >= 15 is 0 Å². The lowest BCUT2D eigenvalue weighted by molar-refractivity contribution is -0.150. The van der Waals surface area contributed by atoms with Gasteiger partial charge in [-0.2, -0.15) is 0 Å². The summed E-state index contributed by atoms with van der Waals surface area (Å²) in [5, 5.41) is 38.1. The quantitative estimate of drug-likeness (QED) is 0.0429. The molecular formula is C37H31N11O5S3. The van der Waals surface area contributed by atoms with Crippen molar-refractivity contribution in [3.63, 3.8) is 0 Å². The first-order valence-corrected chi connectivity index (χ1v) is 19.9. The first-order chi connectivity index (χ1) is 27.3. The Morgan fingerprint density at radius 2 is 1.68 bits per heavy atom. The highest BCUT2D eigenvalue weighted by atomic mass is 32.2. The number of carbonyl (C=O) groups is 3. The first-order valence-electron chi connectivity index (χ1n) is 17.0. The third kappa shape index (κ3) is 6.69. The van der Waals surface area contributed by atoms with Crippen molar-refractivity contribution in [3.05, 3.63) is 136 Å². The van der Waals surface area contributed by atoms with Crippen LogP contribution in [-0.2, 0) is 24.8 Å². The molecule has 56 heavy (non-hydrogen) atoms. The number of anilines is 2. The summed E-state index contributed by atoms with van der Waals surface area (Å²) in [5.74, 6) is -2.01. The average molecular weight is 806 g/mol. The molecule has 0 bridgehead atoms. The zero-order valence-corrected chi connectivity index (χ0v) is 31.8. The fraction of sp³-hybridized carbons (Fsp3) is 0.162. The number of rotatable bonds is 13. The number of nitrogens with two attached hydrogens (primary N) is 1. The molecule has 1 fully saturated rings. The number of carbonyl (C=O) groups excluding carboxylic acids is 2. The number of nitrogens with one attached hydrogen (secondary N) is 2. The Balaban J connectivity index is 1.02. The highest BCUT2D eigenvalue weighted by Gasteiger charge is 2.54. The molecule has 2 aliphatic rings. The van der Waals surface area contributed by atoms with Crippen molar-refractivity contribution in [2.24, 2.45) is 5.16 Å². The molecule has 3 aromatic carbocycles. The number of hydrogen-bond donors (Lipinski definition) is 4. The number of carboxylic acids is 1. The van der Waals surface area contributed by atoms with Gasteiger partial charge in [0.1, 0.15) is 40.5 Å². The molecule has 2 aliphatic heterocycles. The molecule has 1 unspecified atom stereocenters. The molecule has 2 amide bonds. The lowest BCUT2D eigenvalue weighted by Crippen LogP contribution is -2.71. The Morgan fingerprint density at radius 1 is 1.04 bits per heavy atom. The van der Waals surface area contributed by atoms with Gasteiger partial charge in [0.05, 0.1) is 5.69 Å². The maximum Gasteiger partial charge on any atom is 0.352 e. The Labute approximate surface area is 331 Å². The highest BCUT2D eigenvalue weighted by molar-refractivity contribution is 8.01. The zero-order chi connectivity index (χ0) is 38.8. The van der Waals surface area contributed by atoms with Gasteiger partial charge in [-0.1, -0.05) is 108 Å². The molecule has 282 valence electrons. The predicted molar refractivity (Wildman–Crippen MR) is 212 cm³/mol. The molecule has 0 aliphatic carbocycles. The summed E-state index contributed by atoms with van der Waals surface area (Å²) in [6.45, 7) is 0. The number of fused-ring (bicyclic) bond motifs is 2. The van der Waals surface area contributed by atoms with Crippen molar-refractivity contribution in [2.75, 3.05) is 29.7 Å². The van der Waals surface area contributed by atoms with Crippen LogP contribution in [0.1, 0.15) is 22.4 Å². The molecule has 0 radical (unpaired) electrons. The summed E-state index contributed by atoms with van der Waals surface area (Å²) in [4.78, 5) is 51.0. The van der Waals surface area contributed by atoms with E-state index in [2.05, 4.69) is 36.4 Å². The lowest BCUT2D eigenvalue weighted by Gasteiger charge is -2.49. The van der Waals surface area contributed by atoms with Crippen LogP contribution in [0.4, 0.5) is 10.8 Å². The van der Waals surface area contributed by atoms with Gasteiger partial charge in [-0.25, -0.2) is 9.78 Å². The molecule has 3 aromatic heterocycles. The van der Waals surface area contributed by atoms with Crippen LogP contribution in [-0.4, -0.2) is 93.8 Å². The van der Waals surface area contributed by atoms with Gasteiger partial charge in [-0.3, -0.25) is 14.5 Å². The molecule has 6 aromatic rings. The second-order valence-electron chi connectivity index (χ2n) is 12.5. The van der Waals surface area contributed by atoms with Crippen molar-refractivity contribution < 1.29 is 24.3 Å². The van der Waals surface area contributed by atoms with Crippen molar-refractivity contribution in [1.29, 1.82) is 0 Å². The van der Waals surface area contributed by atoms with Gasteiger partial charge in [0.2, 0.25) is 5.65 Å². The summed E-state index contributed by atoms with van der Waals surface area (Å²) >= 11 is 3.86. The molecule has 5 N–H and O–H groups in total. The van der Waals surface area contributed by atoms with E-state index in [4.69, 9.17) is 15.6 Å². The van der Waals surface area contributed by atoms with E-state index in [1.807, 2.05) is 91.0 Å². The first kappa shape index (κ1) is 36.7. The zero-order valence-electron chi connectivity index (χ0n) is 29.3. The number of thiazole rings is 1. The van der Waals surface area contributed by atoms with Crippen molar-refractivity contribution >= 4 is 74.8 Å². The number of nitrogens with zero attached hydrogens (tertiary/aromatic N) is 8. The van der Waals surface area contributed by atoms with E-state index in [0.717, 1.165) is 16.7 Å². The van der Waals surface area contributed by atoms with Gasteiger partial charge in [-0.05, 0) is 38.8 Å². The number of oxime groups is 1.